The van der Waals surface area contributed by atoms with Crippen molar-refractivity contribution in [2.24, 2.45) is 0 Å². The van der Waals surface area contributed by atoms with Crippen LogP contribution in [0.4, 0.5) is 0 Å². The quantitative estimate of drug-likeness (QED) is 0.780. The summed E-state index contributed by atoms with van der Waals surface area (Å²) in [6.07, 6.45) is 7.13. The van der Waals surface area contributed by atoms with Gasteiger partial charge in [0.1, 0.15) is 5.54 Å². The monoisotopic (exact) mass is 224 g/mol. The van der Waals surface area contributed by atoms with E-state index in [0.29, 0.717) is 6.04 Å². The summed E-state index contributed by atoms with van der Waals surface area (Å²) in [6, 6.07) is 3.18. The highest BCUT2D eigenvalue weighted by Crippen LogP contribution is 2.39. The number of rotatable bonds is 5. The Morgan fingerprint density at radius 1 is 1.47 bits per heavy atom. The minimum absolute atomic E-state index is 0.174. The average Bonchev–Trinajstić information content (AvgIpc) is 2.96. The fraction of sp³-hybridized carbons (Fsp3) is 0.917. The van der Waals surface area contributed by atoms with Crippen LogP contribution in [0.1, 0.15) is 45.4 Å². The Kier molecular flexibility index (Phi) is 3.58. The number of nitriles is 1. The van der Waals surface area contributed by atoms with E-state index in [0.717, 1.165) is 18.1 Å². The third-order valence-corrected chi connectivity index (χ3v) is 4.82. The Balaban J connectivity index is 1.84. The SMILES string of the molecule is CCCSC1CCC(C#N)(NC2CC2)C1. The maximum absolute atomic E-state index is 9.31. The van der Waals surface area contributed by atoms with Crippen molar-refractivity contribution >= 4 is 11.8 Å². The van der Waals surface area contributed by atoms with Crippen LogP contribution in [0.5, 0.6) is 0 Å². The van der Waals surface area contributed by atoms with Crippen molar-refractivity contribution in [2.45, 2.75) is 62.3 Å². The summed E-state index contributed by atoms with van der Waals surface area (Å²) in [5.41, 5.74) is -0.174. The molecule has 0 heterocycles. The van der Waals surface area contributed by atoms with Gasteiger partial charge in [-0.15, -0.1) is 0 Å². The molecule has 2 saturated carbocycles. The van der Waals surface area contributed by atoms with Crippen molar-refractivity contribution in [3.8, 4) is 6.07 Å². The van der Waals surface area contributed by atoms with Gasteiger partial charge in [0, 0.05) is 11.3 Å². The van der Waals surface area contributed by atoms with Gasteiger partial charge in [-0.25, -0.2) is 0 Å². The highest BCUT2D eigenvalue weighted by molar-refractivity contribution is 7.99. The molecule has 0 amide bonds. The lowest BCUT2D eigenvalue weighted by molar-refractivity contribution is 0.420. The van der Waals surface area contributed by atoms with E-state index in [4.69, 9.17) is 0 Å². The molecule has 15 heavy (non-hydrogen) atoms. The molecule has 2 fully saturated rings. The van der Waals surface area contributed by atoms with Gasteiger partial charge in [0.25, 0.3) is 0 Å². The molecule has 0 aromatic heterocycles. The van der Waals surface area contributed by atoms with Gasteiger partial charge in [-0.05, 0) is 44.3 Å². The van der Waals surface area contributed by atoms with Crippen LogP contribution in [0, 0.1) is 11.3 Å². The van der Waals surface area contributed by atoms with Gasteiger partial charge in [0.05, 0.1) is 6.07 Å². The number of thioether (sulfide) groups is 1. The maximum atomic E-state index is 9.31. The standard InChI is InChI=1S/C12H20N2S/c1-2-7-15-11-5-6-12(8-11,9-13)14-10-3-4-10/h10-11,14H,2-8H2,1H3. The second-order valence-electron chi connectivity index (χ2n) is 4.85. The van der Waals surface area contributed by atoms with E-state index >= 15 is 0 Å². The van der Waals surface area contributed by atoms with Gasteiger partial charge >= 0.3 is 0 Å². The zero-order chi connectivity index (χ0) is 10.7. The molecular formula is C12H20N2S. The summed E-state index contributed by atoms with van der Waals surface area (Å²) in [5.74, 6) is 1.25. The Labute approximate surface area is 96.8 Å². The van der Waals surface area contributed by atoms with Crippen LogP contribution >= 0.6 is 11.8 Å². The van der Waals surface area contributed by atoms with E-state index in [1.807, 2.05) is 0 Å². The Morgan fingerprint density at radius 3 is 2.87 bits per heavy atom. The molecule has 0 aliphatic heterocycles. The molecule has 2 unspecified atom stereocenters. The number of nitrogens with one attached hydrogen (secondary N) is 1. The normalized spacial score (nSPS) is 35.3. The largest absolute Gasteiger partial charge is 0.297 e. The van der Waals surface area contributed by atoms with Crippen molar-refractivity contribution in [1.82, 2.24) is 5.32 Å². The van der Waals surface area contributed by atoms with Crippen LogP contribution in [0.25, 0.3) is 0 Å². The van der Waals surface area contributed by atoms with E-state index in [1.54, 1.807) is 0 Å². The zero-order valence-corrected chi connectivity index (χ0v) is 10.3. The third kappa shape index (κ3) is 2.89. The van der Waals surface area contributed by atoms with Gasteiger partial charge in [-0.2, -0.15) is 17.0 Å². The molecule has 1 N–H and O–H groups in total. The summed E-state index contributed by atoms with van der Waals surface area (Å²) < 4.78 is 0. The molecule has 2 nitrogen and oxygen atoms in total. The van der Waals surface area contributed by atoms with E-state index in [1.165, 1.54) is 31.4 Å². The lowest BCUT2D eigenvalue weighted by Gasteiger charge is -2.22. The lowest BCUT2D eigenvalue weighted by atomic mass is 10.00. The highest BCUT2D eigenvalue weighted by atomic mass is 32.2. The van der Waals surface area contributed by atoms with Gasteiger partial charge in [-0.1, -0.05) is 6.92 Å². The summed E-state index contributed by atoms with van der Waals surface area (Å²) in [4.78, 5) is 0. The smallest absolute Gasteiger partial charge is 0.108 e. The summed E-state index contributed by atoms with van der Waals surface area (Å²) in [5, 5.41) is 13.6. The second kappa shape index (κ2) is 4.76. The molecule has 2 aliphatic rings. The predicted octanol–water partition coefficient (Wildman–Crippen LogP) is 2.70. The molecule has 0 saturated heterocycles. The Hall–Kier alpha value is -0.200. The van der Waals surface area contributed by atoms with Gasteiger partial charge in [-0.3, -0.25) is 5.32 Å². The van der Waals surface area contributed by atoms with Gasteiger partial charge < -0.3 is 0 Å². The van der Waals surface area contributed by atoms with E-state index < -0.39 is 0 Å². The first-order valence-electron chi connectivity index (χ1n) is 6.08. The first-order chi connectivity index (χ1) is 7.28. The van der Waals surface area contributed by atoms with Crippen LogP contribution in [0.3, 0.4) is 0 Å². The molecule has 84 valence electrons. The van der Waals surface area contributed by atoms with E-state index in [2.05, 4.69) is 30.1 Å². The number of hydrogen-bond donors (Lipinski definition) is 1. The third-order valence-electron chi connectivity index (χ3n) is 3.30. The first-order valence-corrected chi connectivity index (χ1v) is 7.13. The Morgan fingerprint density at radius 2 is 2.27 bits per heavy atom. The van der Waals surface area contributed by atoms with Crippen LogP contribution in [-0.4, -0.2) is 22.6 Å². The van der Waals surface area contributed by atoms with E-state index in [-0.39, 0.29) is 5.54 Å². The fourth-order valence-electron chi connectivity index (χ4n) is 2.31. The molecule has 0 radical (unpaired) electrons. The molecule has 0 aromatic rings. The molecule has 2 rings (SSSR count). The van der Waals surface area contributed by atoms with Crippen molar-refractivity contribution in [3.05, 3.63) is 0 Å². The molecule has 3 heteroatoms. The van der Waals surface area contributed by atoms with Crippen molar-refractivity contribution < 1.29 is 0 Å². The minimum Gasteiger partial charge on any atom is -0.297 e. The molecule has 2 aliphatic carbocycles. The maximum Gasteiger partial charge on any atom is 0.108 e. The fourth-order valence-corrected chi connectivity index (χ4v) is 3.57. The predicted molar refractivity (Wildman–Crippen MR) is 64.9 cm³/mol. The average molecular weight is 224 g/mol. The molecule has 2 atom stereocenters. The lowest BCUT2D eigenvalue weighted by Crippen LogP contribution is -2.43. The van der Waals surface area contributed by atoms with Crippen LogP contribution in [0.2, 0.25) is 0 Å². The van der Waals surface area contributed by atoms with Gasteiger partial charge in [0.2, 0.25) is 0 Å². The molecule has 0 bridgehead atoms. The summed E-state index contributed by atoms with van der Waals surface area (Å²) in [7, 11) is 0. The van der Waals surface area contributed by atoms with Gasteiger partial charge in [0.15, 0.2) is 0 Å². The minimum atomic E-state index is -0.174. The van der Waals surface area contributed by atoms with Crippen LogP contribution < -0.4 is 5.32 Å². The Bertz CT molecular complexity index is 257. The van der Waals surface area contributed by atoms with Crippen molar-refractivity contribution in [3.63, 3.8) is 0 Å². The summed E-state index contributed by atoms with van der Waals surface area (Å²) >= 11 is 2.06. The molecule has 0 spiro atoms. The first kappa shape index (κ1) is 11.3. The van der Waals surface area contributed by atoms with Crippen molar-refractivity contribution in [2.75, 3.05) is 5.75 Å². The molecular weight excluding hydrogens is 204 g/mol. The topological polar surface area (TPSA) is 35.8 Å². The van der Waals surface area contributed by atoms with Crippen molar-refractivity contribution in [1.29, 1.82) is 5.26 Å². The highest BCUT2D eigenvalue weighted by Gasteiger charge is 2.42. The second-order valence-corrected chi connectivity index (χ2v) is 6.26. The number of nitrogens with zero attached hydrogens (tertiary/aromatic N) is 1. The van der Waals surface area contributed by atoms with E-state index in [9.17, 15) is 5.26 Å². The van der Waals surface area contributed by atoms with Crippen LogP contribution in [0.15, 0.2) is 0 Å². The molecule has 0 aromatic carbocycles. The summed E-state index contributed by atoms with van der Waals surface area (Å²) in [6.45, 7) is 2.22. The number of hydrogen-bond acceptors (Lipinski definition) is 3. The zero-order valence-electron chi connectivity index (χ0n) is 9.46. The van der Waals surface area contributed by atoms with Crippen LogP contribution in [-0.2, 0) is 0 Å².